The summed E-state index contributed by atoms with van der Waals surface area (Å²) in [6.07, 6.45) is 1.96. The van der Waals surface area contributed by atoms with Gasteiger partial charge in [-0.2, -0.15) is 0 Å². The van der Waals surface area contributed by atoms with Crippen molar-refractivity contribution in [2.45, 2.75) is 26.2 Å². The molecule has 1 heterocycles. The van der Waals surface area contributed by atoms with Crippen molar-refractivity contribution in [3.63, 3.8) is 0 Å². The van der Waals surface area contributed by atoms with E-state index in [1.54, 1.807) is 11.0 Å². The van der Waals surface area contributed by atoms with Crippen LogP contribution in [-0.2, 0) is 9.59 Å². The first-order chi connectivity index (χ1) is 9.56. The zero-order valence-electron chi connectivity index (χ0n) is 11.6. The Hall–Kier alpha value is -1.36. The standard InChI is InChI=1S/C15H19BrN2O2/c1-11-6-8-18(9-7-11)15(20)10-14(19)17-13-5-3-2-4-12(13)16/h2-5,11H,6-10H2,1H3,(H,17,19). The molecule has 1 aromatic rings. The van der Waals surface area contributed by atoms with Gasteiger partial charge < -0.3 is 10.2 Å². The molecule has 0 aliphatic carbocycles. The highest BCUT2D eigenvalue weighted by atomic mass is 79.9. The lowest BCUT2D eigenvalue weighted by Crippen LogP contribution is -2.39. The Balaban J connectivity index is 1.85. The van der Waals surface area contributed by atoms with Crippen molar-refractivity contribution in [1.82, 2.24) is 4.90 Å². The van der Waals surface area contributed by atoms with Gasteiger partial charge in [-0.25, -0.2) is 0 Å². The lowest BCUT2D eigenvalue weighted by atomic mass is 9.99. The van der Waals surface area contributed by atoms with E-state index in [9.17, 15) is 9.59 Å². The van der Waals surface area contributed by atoms with Crippen molar-refractivity contribution in [1.29, 1.82) is 0 Å². The average Bonchev–Trinajstić information content (AvgIpc) is 2.42. The number of carbonyl (C=O) groups excluding carboxylic acids is 2. The maximum Gasteiger partial charge on any atom is 0.233 e. The Bertz CT molecular complexity index is 496. The van der Waals surface area contributed by atoms with Crippen LogP contribution in [0.25, 0.3) is 0 Å². The number of hydrogen-bond donors (Lipinski definition) is 1. The Labute approximate surface area is 127 Å². The van der Waals surface area contributed by atoms with Crippen LogP contribution in [0.3, 0.4) is 0 Å². The molecule has 1 saturated heterocycles. The van der Waals surface area contributed by atoms with Crippen LogP contribution in [0.1, 0.15) is 26.2 Å². The Morgan fingerprint density at radius 2 is 1.95 bits per heavy atom. The van der Waals surface area contributed by atoms with Crippen LogP contribution >= 0.6 is 15.9 Å². The number of rotatable bonds is 3. The molecule has 1 aliphatic heterocycles. The monoisotopic (exact) mass is 338 g/mol. The first-order valence-electron chi connectivity index (χ1n) is 6.88. The predicted molar refractivity (Wildman–Crippen MR) is 82.4 cm³/mol. The molecule has 2 amide bonds. The molecule has 2 rings (SSSR count). The van der Waals surface area contributed by atoms with Gasteiger partial charge in [0.25, 0.3) is 0 Å². The van der Waals surface area contributed by atoms with Gasteiger partial charge in [-0.15, -0.1) is 0 Å². The normalized spacial score (nSPS) is 16.0. The molecule has 5 heteroatoms. The van der Waals surface area contributed by atoms with Gasteiger partial charge in [-0.05, 0) is 46.8 Å². The molecule has 0 radical (unpaired) electrons. The summed E-state index contributed by atoms with van der Waals surface area (Å²) in [7, 11) is 0. The average molecular weight is 339 g/mol. The molecule has 108 valence electrons. The minimum atomic E-state index is -0.263. The first-order valence-corrected chi connectivity index (χ1v) is 7.67. The van der Waals surface area contributed by atoms with E-state index in [2.05, 4.69) is 28.2 Å². The van der Waals surface area contributed by atoms with Crippen molar-refractivity contribution in [2.75, 3.05) is 18.4 Å². The second-order valence-electron chi connectivity index (χ2n) is 5.27. The van der Waals surface area contributed by atoms with E-state index in [-0.39, 0.29) is 18.2 Å². The van der Waals surface area contributed by atoms with Crippen LogP contribution in [0.2, 0.25) is 0 Å². The van der Waals surface area contributed by atoms with Crippen molar-refractivity contribution >= 4 is 33.4 Å². The van der Waals surface area contributed by atoms with E-state index >= 15 is 0 Å². The highest BCUT2D eigenvalue weighted by Gasteiger charge is 2.22. The number of anilines is 1. The van der Waals surface area contributed by atoms with Crippen LogP contribution in [0.4, 0.5) is 5.69 Å². The predicted octanol–water partition coefficient (Wildman–Crippen LogP) is 3.04. The molecule has 4 nitrogen and oxygen atoms in total. The summed E-state index contributed by atoms with van der Waals surface area (Å²) in [4.78, 5) is 25.7. The molecule has 0 aromatic heterocycles. The minimum absolute atomic E-state index is 0.0820. The number of nitrogens with zero attached hydrogens (tertiary/aromatic N) is 1. The number of hydrogen-bond acceptors (Lipinski definition) is 2. The van der Waals surface area contributed by atoms with E-state index in [0.29, 0.717) is 11.6 Å². The summed E-state index contributed by atoms with van der Waals surface area (Å²) < 4.78 is 0.813. The highest BCUT2D eigenvalue weighted by molar-refractivity contribution is 9.10. The number of amides is 2. The third kappa shape index (κ3) is 4.07. The van der Waals surface area contributed by atoms with Gasteiger partial charge in [-0.3, -0.25) is 9.59 Å². The molecule has 0 spiro atoms. The molecule has 1 fully saturated rings. The molecule has 0 unspecified atom stereocenters. The summed E-state index contributed by atoms with van der Waals surface area (Å²) in [5.74, 6) is 0.329. The zero-order chi connectivity index (χ0) is 14.5. The molecular formula is C15H19BrN2O2. The Morgan fingerprint density at radius 3 is 2.60 bits per heavy atom. The molecule has 0 bridgehead atoms. The number of para-hydroxylation sites is 1. The highest BCUT2D eigenvalue weighted by Crippen LogP contribution is 2.21. The summed E-state index contributed by atoms with van der Waals surface area (Å²) >= 11 is 3.36. The number of benzene rings is 1. The maximum atomic E-state index is 12.0. The Kier molecular flexibility index (Phi) is 5.17. The summed E-state index contributed by atoms with van der Waals surface area (Å²) in [6, 6.07) is 7.37. The van der Waals surface area contributed by atoms with Gasteiger partial charge in [0.15, 0.2) is 0 Å². The van der Waals surface area contributed by atoms with Crippen molar-refractivity contribution in [2.24, 2.45) is 5.92 Å². The third-order valence-corrected chi connectivity index (χ3v) is 4.29. The number of carbonyl (C=O) groups is 2. The molecular weight excluding hydrogens is 320 g/mol. The number of piperidine rings is 1. The van der Waals surface area contributed by atoms with E-state index < -0.39 is 0 Å². The first kappa shape index (κ1) is 15.0. The topological polar surface area (TPSA) is 49.4 Å². The fourth-order valence-electron chi connectivity index (χ4n) is 2.26. The molecule has 1 aliphatic rings. The molecule has 1 N–H and O–H groups in total. The zero-order valence-corrected chi connectivity index (χ0v) is 13.1. The fourth-order valence-corrected chi connectivity index (χ4v) is 2.65. The van der Waals surface area contributed by atoms with Gasteiger partial charge in [0.2, 0.25) is 11.8 Å². The molecule has 0 saturated carbocycles. The van der Waals surface area contributed by atoms with Gasteiger partial charge in [0.1, 0.15) is 6.42 Å². The van der Waals surface area contributed by atoms with Crippen LogP contribution in [0.15, 0.2) is 28.7 Å². The molecule has 20 heavy (non-hydrogen) atoms. The van der Waals surface area contributed by atoms with E-state index in [0.717, 1.165) is 30.4 Å². The SMILES string of the molecule is CC1CCN(C(=O)CC(=O)Nc2ccccc2Br)CC1. The number of likely N-dealkylation sites (tertiary alicyclic amines) is 1. The quantitative estimate of drug-likeness (QED) is 0.861. The largest absolute Gasteiger partial charge is 0.342 e. The smallest absolute Gasteiger partial charge is 0.233 e. The minimum Gasteiger partial charge on any atom is -0.342 e. The summed E-state index contributed by atoms with van der Waals surface area (Å²) in [5, 5.41) is 2.76. The van der Waals surface area contributed by atoms with Crippen molar-refractivity contribution in [3.05, 3.63) is 28.7 Å². The molecule has 1 aromatic carbocycles. The van der Waals surface area contributed by atoms with Crippen molar-refractivity contribution in [3.8, 4) is 0 Å². The van der Waals surface area contributed by atoms with Gasteiger partial charge >= 0.3 is 0 Å². The number of nitrogens with one attached hydrogen (secondary N) is 1. The van der Waals surface area contributed by atoms with Crippen LogP contribution < -0.4 is 5.32 Å². The summed E-state index contributed by atoms with van der Waals surface area (Å²) in [6.45, 7) is 3.73. The fraction of sp³-hybridized carbons (Fsp3) is 0.467. The lowest BCUT2D eigenvalue weighted by molar-refractivity contribution is -0.135. The van der Waals surface area contributed by atoms with Gasteiger partial charge in [-0.1, -0.05) is 19.1 Å². The van der Waals surface area contributed by atoms with Gasteiger partial charge in [0.05, 0.1) is 5.69 Å². The van der Waals surface area contributed by atoms with Crippen LogP contribution in [0, 0.1) is 5.92 Å². The maximum absolute atomic E-state index is 12.0. The number of halogens is 1. The Morgan fingerprint density at radius 1 is 1.30 bits per heavy atom. The van der Waals surface area contributed by atoms with E-state index in [1.165, 1.54) is 0 Å². The van der Waals surface area contributed by atoms with Gasteiger partial charge in [0, 0.05) is 17.6 Å². The summed E-state index contributed by atoms with van der Waals surface area (Å²) in [5.41, 5.74) is 0.692. The second-order valence-corrected chi connectivity index (χ2v) is 6.12. The van der Waals surface area contributed by atoms with Crippen LogP contribution in [0.5, 0.6) is 0 Å². The van der Waals surface area contributed by atoms with Crippen molar-refractivity contribution < 1.29 is 9.59 Å². The van der Waals surface area contributed by atoms with E-state index in [4.69, 9.17) is 0 Å². The third-order valence-electron chi connectivity index (χ3n) is 3.60. The molecule has 0 atom stereocenters. The lowest BCUT2D eigenvalue weighted by Gasteiger charge is -2.30. The van der Waals surface area contributed by atoms with E-state index in [1.807, 2.05) is 18.2 Å². The second kappa shape index (κ2) is 6.88. The van der Waals surface area contributed by atoms with Crippen LogP contribution in [-0.4, -0.2) is 29.8 Å².